The number of rotatable bonds is 6. The highest BCUT2D eigenvalue weighted by Crippen LogP contribution is 2.38. The quantitative estimate of drug-likeness (QED) is 0.357. The first-order valence-electron chi connectivity index (χ1n) is 10.7. The fourth-order valence-corrected chi connectivity index (χ4v) is 3.74. The van der Waals surface area contributed by atoms with Gasteiger partial charge in [-0.15, -0.1) is 0 Å². The van der Waals surface area contributed by atoms with Crippen molar-refractivity contribution < 1.29 is 28.1 Å². The molecule has 0 saturated heterocycles. The van der Waals surface area contributed by atoms with Crippen LogP contribution in [0.15, 0.2) is 79.5 Å². The number of benzene rings is 1. The van der Waals surface area contributed by atoms with E-state index < -0.39 is 23.7 Å². The Morgan fingerprint density at radius 2 is 1.78 bits per heavy atom. The van der Waals surface area contributed by atoms with Crippen molar-refractivity contribution in [2.45, 2.75) is 18.9 Å². The number of halogens is 3. The van der Waals surface area contributed by atoms with Crippen molar-refractivity contribution in [2.75, 3.05) is 0 Å². The summed E-state index contributed by atoms with van der Waals surface area (Å²) in [5, 5.41) is 21.0. The summed E-state index contributed by atoms with van der Waals surface area (Å²) in [4.78, 5) is 16.5. The summed E-state index contributed by atoms with van der Waals surface area (Å²) >= 11 is 0. The van der Waals surface area contributed by atoms with E-state index in [1.807, 2.05) is 0 Å². The van der Waals surface area contributed by atoms with Gasteiger partial charge in [0.05, 0.1) is 11.3 Å². The predicted octanol–water partition coefficient (Wildman–Crippen LogP) is 4.57. The molecule has 0 bridgehead atoms. The maximum absolute atomic E-state index is 13.5. The number of hydrogen-bond donors (Lipinski definition) is 2. The summed E-state index contributed by atoms with van der Waals surface area (Å²) in [5.41, 5.74) is 0.278. The minimum atomic E-state index is -4.63. The highest BCUT2D eigenvalue weighted by atomic mass is 19.4. The number of aliphatic hydroxyl groups excluding tert-OH is 1. The van der Waals surface area contributed by atoms with E-state index in [4.69, 9.17) is 4.74 Å². The highest BCUT2D eigenvalue weighted by Gasteiger charge is 2.32. The maximum Gasteiger partial charge on any atom is 0.416 e. The molecule has 8 nitrogen and oxygen atoms in total. The van der Waals surface area contributed by atoms with Crippen LogP contribution in [-0.2, 0) is 12.8 Å². The molecule has 0 aliphatic rings. The van der Waals surface area contributed by atoms with Crippen molar-refractivity contribution >= 4 is 5.78 Å². The summed E-state index contributed by atoms with van der Waals surface area (Å²) in [5.74, 6) is 0.316. The van der Waals surface area contributed by atoms with Gasteiger partial charge in [0.1, 0.15) is 12.7 Å². The second-order valence-corrected chi connectivity index (χ2v) is 7.86. The minimum absolute atomic E-state index is 0.0244. The first kappa shape index (κ1) is 23.2. The molecule has 0 amide bonds. The molecule has 5 aromatic rings. The van der Waals surface area contributed by atoms with Gasteiger partial charge in [-0.2, -0.15) is 13.2 Å². The molecule has 4 aromatic heterocycles. The molecule has 2 N–H and O–H groups in total. The molecule has 0 spiro atoms. The summed E-state index contributed by atoms with van der Waals surface area (Å²) in [7, 11) is 0. The van der Waals surface area contributed by atoms with Crippen molar-refractivity contribution in [2.24, 2.45) is 0 Å². The zero-order valence-corrected chi connectivity index (χ0v) is 18.5. The molecule has 1 atom stereocenters. The Bertz CT molecular complexity index is 1520. The Kier molecular flexibility index (Phi) is 5.98. The van der Waals surface area contributed by atoms with Crippen LogP contribution in [0.1, 0.15) is 28.5 Å². The van der Waals surface area contributed by atoms with Gasteiger partial charge in [-0.1, -0.05) is 12.1 Å². The van der Waals surface area contributed by atoms with Crippen LogP contribution < -0.4 is 4.74 Å². The van der Waals surface area contributed by atoms with Crippen LogP contribution >= 0.6 is 0 Å². The van der Waals surface area contributed by atoms with E-state index >= 15 is 0 Å². The van der Waals surface area contributed by atoms with Crippen LogP contribution in [0.25, 0.3) is 16.9 Å². The van der Waals surface area contributed by atoms with Gasteiger partial charge in [0.25, 0.3) is 0 Å². The smallest absolute Gasteiger partial charge is 0.416 e. The van der Waals surface area contributed by atoms with Crippen LogP contribution in [-0.4, -0.2) is 34.5 Å². The van der Waals surface area contributed by atoms with Crippen molar-refractivity contribution in [3.05, 3.63) is 102 Å². The summed E-state index contributed by atoms with van der Waals surface area (Å²) < 4.78 is 47.6. The van der Waals surface area contributed by atoms with E-state index in [2.05, 4.69) is 19.9 Å². The Morgan fingerprint density at radius 1 is 0.944 bits per heavy atom. The Hall–Kier alpha value is -4.51. The molecule has 4 heterocycles. The van der Waals surface area contributed by atoms with E-state index in [1.165, 1.54) is 30.6 Å². The highest BCUT2D eigenvalue weighted by molar-refractivity contribution is 5.69. The number of aromatic hydroxyl groups is 1. The zero-order chi connectivity index (χ0) is 25.3. The topological polar surface area (TPSA) is 106 Å². The summed E-state index contributed by atoms with van der Waals surface area (Å²) in [6.07, 6.45) is 1.49. The second-order valence-electron chi connectivity index (χ2n) is 7.86. The average Bonchev–Trinajstić information content (AvgIpc) is 3.29. The lowest BCUT2D eigenvalue weighted by Gasteiger charge is -2.19. The number of fused-ring (bicyclic) bond motifs is 1. The fourth-order valence-electron chi connectivity index (χ4n) is 3.74. The number of alkyl halides is 3. The van der Waals surface area contributed by atoms with Gasteiger partial charge in [-0.3, -0.25) is 4.40 Å². The minimum Gasteiger partial charge on any atom is -0.493 e. The van der Waals surface area contributed by atoms with Crippen LogP contribution in [0.3, 0.4) is 0 Å². The first-order chi connectivity index (χ1) is 17.3. The van der Waals surface area contributed by atoms with Crippen molar-refractivity contribution in [3.63, 3.8) is 0 Å². The molecule has 1 aromatic carbocycles. The van der Waals surface area contributed by atoms with Crippen molar-refractivity contribution in [1.29, 1.82) is 0 Å². The van der Waals surface area contributed by atoms with Gasteiger partial charge in [0, 0.05) is 48.2 Å². The summed E-state index contributed by atoms with van der Waals surface area (Å²) in [6.45, 7) is 0.139. The fraction of sp³-hybridized carbons (Fsp3) is 0.120. The average molecular weight is 493 g/mol. The summed E-state index contributed by atoms with van der Waals surface area (Å²) in [6, 6.07) is 11.2. The van der Waals surface area contributed by atoms with Gasteiger partial charge in [-0.25, -0.2) is 19.9 Å². The molecule has 0 radical (unpaired) electrons. The Labute approximate surface area is 202 Å². The molecule has 11 heteroatoms. The molecular weight excluding hydrogens is 475 g/mol. The molecular formula is C25H18F3N5O3. The van der Waals surface area contributed by atoms with E-state index in [0.717, 1.165) is 12.1 Å². The van der Waals surface area contributed by atoms with Crippen LogP contribution in [0.2, 0.25) is 0 Å². The number of nitrogens with zero attached hydrogens (tertiary/aromatic N) is 5. The third kappa shape index (κ3) is 4.68. The number of aliphatic hydroxyl groups is 1. The Morgan fingerprint density at radius 3 is 2.53 bits per heavy atom. The molecule has 36 heavy (non-hydrogen) atoms. The van der Waals surface area contributed by atoms with Gasteiger partial charge in [0.15, 0.2) is 0 Å². The Balaban J connectivity index is 1.53. The number of aromatic nitrogens is 5. The third-order valence-electron chi connectivity index (χ3n) is 5.46. The molecule has 0 aliphatic heterocycles. The second kappa shape index (κ2) is 9.27. The van der Waals surface area contributed by atoms with Gasteiger partial charge in [0.2, 0.25) is 17.5 Å². The van der Waals surface area contributed by atoms with Gasteiger partial charge in [-0.05, 0) is 41.5 Å². The van der Waals surface area contributed by atoms with Gasteiger partial charge < -0.3 is 14.9 Å². The molecule has 0 fully saturated rings. The van der Waals surface area contributed by atoms with Crippen molar-refractivity contribution in [1.82, 2.24) is 24.3 Å². The van der Waals surface area contributed by atoms with E-state index in [0.29, 0.717) is 28.5 Å². The lowest BCUT2D eigenvalue weighted by Crippen LogP contribution is -2.09. The SMILES string of the molecule is Oc1ncccc1C(O)c1cc(C(F)(F)F)ccc1-c1cnc2nc(COc3ccccn3)cn2c1. The lowest BCUT2D eigenvalue weighted by molar-refractivity contribution is -0.137. The number of pyridine rings is 2. The molecule has 0 aliphatic carbocycles. The van der Waals surface area contributed by atoms with E-state index in [1.54, 1.807) is 41.2 Å². The monoisotopic (exact) mass is 493 g/mol. The number of ether oxygens (including phenoxy) is 1. The zero-order valence-electron chi connectivity index (χ0n) is 18.5. The molecule has 5 rings (SSSR count). The molecule has 0 saturated carbocycles. The normalized spacial score (nSPS) is 12.6. The standard InChI is InChI=1S/C25H18F3N5O3/c26-25(27,28)16-6-7-18(20(10-16)22(34)19-4-3-9-30-23(19)35)15-11-31-24-32-17(13-33(24)12-15)14-36-21-5-1-2-8-29-21/h1-13,22,34H,14H2,(H,30,35). The third-order valence-corrected chi connectivity index (χ3v) is 5.46. The predicted molar refractivity (Wildman–Crippen MR) is 122 cm³/mol. The van der Waals surface area contributed by atoms with E-state index in [9.17, 15) is 23.4 Å². The van der Waals surface area contributed by atoms with E-state index in [-0.39, 0.29) is 17.7 Å². The van der Waals surface area contributed by atoms with Crippen LogP contribution in [0.4, 0.5) is 13.2 Å². The van der Waals surface area contributed by atoms with Crippen molar-refractivity contribution in [3.8, 4) is 22.9 Å². The van der Waals surface area contributed by atoms with Gasteiger partial charge >= 0.3 is 6.18 Å². The molecule has 182 valence electrons. The number of imidazole rings is 1. The largest absolute Gasteiger partial charge is 0.493 e. The number of hydrogen-bond acceptors (Lipinski definition) is 7. The van der Waals surface area contributed by atoms with Crippen LogP contribution in [0.5, 0.6) is 11.8 Å². The molecule has 1 unspecified atom stereocenters. The maximum atomic E-state index is 13.5. The lowest BCUT2D eigenvalue weighted by atomic mass is 9.92. The van der Waals surface area contributed by atoms with Crippen LogP contribution in [0, 0.1) is 0 Å². The first-order valence-corrected chi connectivity index (χ1v) is 10.7.